The largest absolute Gasteiger partial charge is 0.493 e. The highest BCUT2D eigenvalue weighted by atomic mass is 32.1. The smallest absolute Gasteiger partial charge is 0.227 e. The van der Waals surface area contributed by atoms with E-state index in [0.29, 0.717) is 42.7 Å². The van der Waals surface area contributed by atoms with Crippen LogP contribution in [0.5, 0.6) is 11.5 Å². The summed E-state index contributed by atoms with van der Waals surface area (Å²) in [5.74, 6) is 3.26. The summed E-state index contributed by atoms with van der Waals surface area (Å²) in [7, 11) is 3.28. The van der Waals surface area contributed by atoms with Crippen molar-refractivity contribution in [2.24, 2.45) is 0 Å². The molecule has 3 aromatic rings. The maximum Gasteiger partial charge on any atom is 0.227 e. The monoisotopic (exact) mass is 439 g/mol. The third kappa shape index (κ3) is 3.92. The van der Waals surface area contributed by atoms with Gasteiger partial charge in [-0.15, -0.1) is 11.3 Å². The fourth-order valence-electron chi connectivity index (χ4n) is 4.20. The fraction of sp³-hybridized carbons (Fsp3) is 0.435. The van der Waals surface area contributed by atoms with E-state index in [2.05, 4.69) is 16.2 Å². The van der Waals surface area contributed by atoms with Crippen LogP contribution in [0.1, 0.15) is 58.9 Å². The molecule has 2 aromatic heterocycles. The number of ether oxygens (including phenoxy) is 2. The SMILES string of the molecule is COc1cc2c(cc1OC)C(c1cccs1)N(C(=O)CCc1nc(C3CC3)no1)CC2. The summed E-state index contributed by atoms with van der Waals surface area (Å²) in [6.07, 6.45) is 3.83. The minimum atomic E-state index is -0.138. The van der Waals surface area contributed by atoms with Crippen molar-refractivity contribution in [3.8, 4) is 11.5 Å². The van der Waals surface area contributed by atoms with Gasteiger partial charge in [0.2, 0.25) is 11.8 Å². The second-order valence-electron chi connectivity index (χ2n) is 7.98. The highest BCUT2D eigenvalue weighted by molar-refractivity contribution is 7.10. The van der Waals surface area contributed by atoms with Crippen molar-refractivity contribution >= 4 is 17.2 Å². The summed E-state index contributed by atoms with van der Waals surface area (Å²) in [5, 5.41) is 6.10. The molecule has 2 aliphatic rings. The standard InChI is InChI=1S/C23H25N3O4S/c1-28-17-12-15-9-10-26(21(27)8-7-20-24-23(25-30-20)14-5-6-14)22(19-4-3-11-31-19)16(15)13-18(17)29-2/h3-4,11-14,22H,5-10H2,1-2H3. The molecule has 162 valence electrons. The predicted octanol–water partition coefficient (Wildman–Crippen LogP) is 4.13. The predicted molar refractivity (Wildman–Crippen MR) is 116 cm³/mol. The first-order chi connectivity index (χ1) is 15.2. The maximum atomic E-state index is 13.3. The highest BCUT2D eigenvalue weighted by Gasteiger charge is 2.34. The Bertz CT molecular complexity index is 1070. The molecule has 8 heteroatoms. The van der Waals surface area contributed by atoms with E-state index in [9.17, 15) is 4.79 Å². The zero-order valence-electron chi connectivity index (χ0n) is 17.7. The van der Waals surface area contributed by atoms with Crippen LogP contribution in [-0.4, -0.2) is 41.7 Å². The van der Waals surface area contributed by atoms with E-state index in [4.69, 9.17) is 14.0 Å². The molecule has 1 aromatic carbocycles. The summed E-state index contributed by atoms with van der Waals surface area (Å²) in [5.41, 5.74) is 2.28. The van der Waals surface area contributed by atoms with Crippen LogP contribution in [0, 0.1) is 0 Å². The van der Waals surface area contributed by atoms with Gasteiger partial charge in [-0.05, 0) is 54.0 Å². The number of hydrogen-bond donors (Lipinski definition) is 0. The molecule has 0 bridgehead atoms. The highest BCUT2D eigenvalue weighted by Crippen LogP contribution is 2.42. The van der Waals surface area contributed by atoms with Gasteiger partial charge >= 0.3 is 0 Å². The van der Waals surface area contributed by atoms with Gasteiger partial charge in [0.05, 0.1) is 20.3 Å². The van der Waals surface area contributed by atoms with Gasteiger partial charge in [-0.25, -0.2) is 0 Å². The topological polar surface area (TPSA) is 77.7 Å². The Morgan fingerprint density at radius 3 is 2.77 bits per heavy atom. The van der Waals surface area contributed by atoms with E-state index in [1.165, 1.54) is 5.56 Å². The van der Waals surface area contributed by atoms with Gasteiger partial charge < -0.3 is 18.9 Å². The number of amides is 1. The molecule has 0 saturated heterocycles. The molecule has 1 atom stereocenters. The Kier molecular flexibility index (Phi) is 5.40. The van der Waals surface area contributed by atoms with E-state index >= 15 is 0 Å². The first kappa shape index (κ1) is 20.1. The Morgan fingerprint density at radius 2 is 2.06 bits per heavy atom. The number of aromatic nitrogens is 2. The number of carbonyl (C=O) groups excluding carboxylic acids is 1. The molecule has 1 amide bonds. The summed E-state index contributed by atoms with van der Waals surface area (Å²) in [4.78, 5) is 20.9. The number of rotatable bonds is 7. The van der Waals surface area contributed by atoms with Crippen molar-refractivity contribution in [2.75, 3.05) is 20.8 Å². The Hall–Kier alpha value is -2.87. The summed E-state index contributed by atoms with van der Waals surface area (Å²) in [6.45, 7) is 0.654. The van der Waals surface area contributed by atoms with Crippen LogP contribution in [0.25, 0.3) is 0 Å². The molecule has 0 radical (unpaired) electrons. The normalized spacial score (nSPS) is 18.0. The fourth-order valence-corrected chi connectivity index (χ4v) is 5.06. The summed E-state index contributed by atoms with van der Waals surface area (Å²) < 4.78 is 16.4. The third-order valence-electron chi connectivity index (χ3n) is 5.99. The molecule has 0 N–H and O–H groups in total. The average Bonchev–Trinajstić information content (AvgIpc) is 3.30. The van der Waals surface area contributed by atoms with Crippen LogP contribution in [0.4, 0.5) is 0 Å². The number of fused-ring (bicyclic) bond motifs is 1. The molecule has 1 aliphatic heterocycles. The molecule has 31 heavy (non-hydrogen) atoms. The molecular weight excluding hydrogens is 414 g/mol. The minimum Gasteiger partial charge on any atom is -0.493 e. The van der Waals surface area contributed by atoms with Crippen molar-refractivity contribution < 1.29 is 18.8 Å². The van der Waals surface area contributed by atoms with Gasteiger partial charge in [0.1, 0.15) is 0 Å². The Balaban J connectivity index is 1.40. The molecule has 1 saturated carbocycles. The average molecular weight is 440 g/mol. The number of aryl methyl sites for hydroxylation is 1. The van der Waals surface area contributed by atoms with Crippen molar-refractivity contribution in [2.45, 2.75) is 44.1 Å². The number of methoxy groups -OCH3 is 2. The van der Waals surface area contributed by atoms with Crippen molar-refractivity contribution in [1.82, 2.24) is 15.0 Å². The summed E-state index contributed by atoms with van der Waals surface area (Å²) >= 11 is 1.66. The molecule has 0 spiro atoms. The van der Waals surface area contributed by atoms with Gasteiger partial charge in [0.25, 0.3) is 0 Å². The molecule has 1 fully saturated rings. The lowest BCUT2D eigenvalue weighted by Gasteiger charge is -2.37. The van der Waals surface area contributed by atoms with Gasteiger partial charge in [-0.3, -0.25) is 4.79 Å². The van der Waals surface area contributed by atoms with Gasteiger partial charge in [0, 0.05) is 30.2 Å². The van der Waals surface area contributed by atoms with Crippen LogP contribution in [-0.2, 0) is 17.6 Å². The summed E-state index contributed by atoms with van der Waals surface area (Å²) in [6, 6.07) is 8.02. The van der Waals surface area contributed by atoms with Crippen LogP contribution in [0.15, 0.2) is 34.2 Å². The first-order valence-electron chi connectivity index (χ1n) is 10.6. The van der Waals surface area contributed by atoms with Crippen molar-refractivity contribution in [3.63, 3.8) is 0 Å². The third-order valence-corrected chi connectivity index (χ3v) is 6.91. The number of thiophene rings is 1. The first-order valence-corrected chi connectivity index (χ1v) is 11.5. The van der Waals surface area contributed by atoms with Crippen molar-refractivity contribution in [1.29, 1.82) is 0 Å². The number of nitrogens with zero attached hydrogens (tertiary/aromatic N) is 3. The maximum absolute atomic E-state index is 13.3. The quantitative estimate of drug-likeness (QED) is 0.551. The van der Waals surface area contributed by atoms with E-state index in [1.807, 2.05) is 28.5 Å². The minimum absolute atomic E-state index is 0.0880. The second kappa shape index (κ2) is 8.34. The zero-order chi connectivity index (χ0) is 21.4. The molecule has 3 heterocycles. The van der Waals surface area contributed by atoms with E-state index in [1.54, 1.807) is 25.6 Å². The van der Waals surface area contributed by atoms with Gasteiger partial charge in [-0.1, -0.05) is 11.2 Å². The molecule has 7 nitrogen and oxygen atoms in total. The van der Waals surface area contributed by atoms with E-state index in [0.717, 1.165) is 35.5 Å². The van der Waals surface area contributed by atoms with Crippen LogP contribution in [0.3, 0.4) is 0 Å². The number of hydrogen-bond acceptors (Lipinski definition) is 7. The Morgan fingerprint density at radius 1 is 1.26 bits per heavy atom. The second-order valence-corrected chi connectivity index (χ2v) is 8.96. The van der Waals surface area contributed by atoms with E-state index in [-0.39, 0.29) is 11.9 Å². The Labute approximate surface area is 185 Å². The van der Waals surface area contributed by atoms with Crippen LogP contribution < -0.4 is 9.47 Å². The van der Waals surface area contributed by atoms with E-state index < -0.39 is 0 Å². The number of benzene rings is 1. The molecule has 5 rings (SSSR count). The molecule has 1 aliphatic carbocycles. The van der Waals surface area contributed by atoms with Gasteiger partial charge in [0.15, 0.2) is 17.3 Å². The molecular formula is C23H25N3O4S. The lowest BCUT2D eigenvalue weighted by molar-refractivity contribution is -0.133. The van der Waals surface area contributed by atoms with Crippen molar-refractivity contribution in [3.05, 3.63) is 57.4 Å². The lowest BCUT2D eigenvalue weighted by atomic mass is 9.90. The van der Waals surface area contributed by atoms with Crippen LogP contribution in [0.2, 0.25) is 0 Å². The molecule has 1 unspecified atom stereocenters. The lowest BCUT2D eigenvalue weighted by Crippen LogP contribution is -2.40. The zero-order valence-corrected chi connectivity index (χ0v) is 18.5. The van der Waals surface area contributed by atoms with Crippen LogP contribution >= 0.6 is 11.3 Å². The number of carbonyl (C=O) groups is 1. The van der Waals surface area contributed by atoms with Gasteiger partial charge in [-0.2, -0.15) is 4.98 Å².